The Morgan fingerprint density at radius 2 is 1.56 bits per heavy atom. The summed E-state index contributed by atoms with van der Waals surface area (Å²) >= 11 is 3.49. The lowest BCUT2D eigenvalue weighted by atomic mass is 10.00. The summed E-state index contributed by atoms with van der Waals surface area (Å²) in [6.45, 7) is 4.42. The lowest BCUT2D eigenvalue weighted by molar-refractivity contribution is -0.0870. The predicted octanol–water partition coefficient (Wildman–Crippen LogP) is 5.38. The van der Waals surface area contributed by atoms with E-state index in [4.69, 9.17) is 9.47 Å². The van der Waals surface area contributed by atoms with E-state index in [1.54, 1.807) is 0 Å². The van der Waals surface area contributed by atoms with Crippen molar-refractivity contribution in [2.45, 2.75) is 31.3 Å². The Labute approximate surface area is 198 Å². The van der Waals surface area contributed by atoms with Gasteiger partial charge in [-0.1, -0.05) is 88.7 Å². The number of halogens is 1. The van der Waals surface area contributed by atoms with Gasteiger partial charge in [0.25, 0.3) is 0 Å². The normalized spacial score (nSPS) is 20.4. The number of aliphatic hydroxyl groups is 1. The highest BCUT2D eigenvalue weighted by Gasteiger charge is 2.31. The first-order valence-corrected chi connectivity index (χ1v) is 11.9. The van der Waals surface area contributed by atoms with E-state index in [9.17, 15) is 5.11 Å². The SMILES string of the molecule is CC1C(c2ccc(Br)cc2)OCCN1CC(O)COC(c1ccccc1)c1ccccc1. The first-order valence-electron chi connectivity index (χ1n) is 11.1. The van der Waals surface area contributed by atoms with Crippen molar-refractivity contribution in [2.24, 2.45) is 0 Å². The monoisotopic (exact) mass is 495 g/mol. The van der Waals surface area contributed by atoms with Gasteiger partial charge in [0.2, 0.25) is 0 Å². The van der Waals surface area contributed by atoms with E-state index in [0.717, 1.165) is 27.7 Å². The van der Waals surface area contributed by atoms with Crippen LogP contribution in [0.4, 0.5) is 0 Å². The van der Waals surface area contributed by atoms with E-state index in [0.29, 0.717) is 13.2 Å². The summed E-state index contributed by atoms with van der Waals surface area (Å²) in [6.07, 6.45) is -0.799. The smallest absolute Gasteiger partial charge is 0.108 e. The van der Waals surface area contributed by atoms with E-state index in [2.05, 4.69) is 64.2 Å². The second kappa shape index (κ2) is 11.2. The highest BCUT2D eigenvalue weighted by atomic mass is 79.9. The molecule has 3 unspecified atom stereocenters. The van der Waals surface area contributed by atoms with Crippen molar-refractivity contribution in [3.63, 3.8) is 0 Å². The van der Waals surface area contributed by atoms with Gasteiger partial charge in [0.15, 0.2) is 0 Å². The highest BCUT2D eigenvalue weighted by molar-refractivity contribution is 9.10. The fourth-order valence-corrected chi connectivity index (χ4v) is 4.55. The van der Waals surface area contributed by atoms with Gasteiger partial charge < -0.3 is 14.6 Å². The zero-order valence-electron chi connectivity index (χ0n) is 18.3. The molecule has 32 heavy (non-hydrogen) atoms. The highest BCUT2D eigenvalue weighted by Crippen LogP contribution is 2.30. The van der Waals surface area contributed by atoms with Gasteiger partial charge in [-0.2, -0.15) is 0 Å². The van der Waals surface area contributed by atoms with Crippen molar-refractivity contribution in [3.05, 3.63) is 106 Å². The number of benzene rings is 3. The van der Waals surface area contributed by atoms with E-state index in [1.165, 1.54) is 0 Å². The molecule has 1 aliphatic rings. The second-order valence-electron chi connectivity index (χ2n) is 8.27. The van der Waals surface area contributed by atoms with Crippen LogP contribution >= 0.6 is 15.9 Å². The van der Waals surface area contributed by atoms with Crippen LogP contribution in [0.5, 0.6) is 0 Å². The molecule has 0 bridgehead atoms. The summed E-state index contributed by atoms with van der Waals surface area (Å²) in [5.41, 5.74) is 3.33. The Morgan fingerprint density at radius 1 is 0.969 bits per heavy atom. The molecule has 4 rings (SSSR count). The third-order valence-electron chi connectivity index (χ3n) is 5.99. The largest absolute Gasteiger partial charge is 0.389 e. The molecule has 3 aromatic rings. The number of rotatable bonds is 8. The number of aliphatic hydroxyl groups excluding tert-OH is 1. The van der Waals surface area contributed by atoms with E-state index in [-0.39, 0.29) is 24.9 Å². The average molecular weight is 496 g/mol. The summed E-state index contributed by atoms with van der Waals surface area (Å²) in [5.74, 6) is 0. The van der Waals surface area contributed by atoms with Gasteiger partial charge in [0, 0.05) is 23.6 Å². The molecule has 1 heterocycles. The molecular weight excluding hydrogens is 466 g/mol. The molecule has 168 valence electrons. The van der Waals surface area contributed by atoms with Crippen molar-refractivity contribution in [2.75, 3.05) is 26.3 Å². The summed E-state index contributed by atoms with van der Waals surface area (Å²) < 4.78 is 13.4. The molecule has 0 aromatic heterocycles. The minimum Gasteiger partial charge on any atom is -0.389 e. The first-order chi connectivity index (χ1) is 15.6. The predicted molar refractivity (Wildman–Crippen MR) is 131 cm³/mol. The molecule has 0 saturated carbocycles. The molecule has 0 amide bonds. The van der Waals surface area contributed by atoms with Gasteiger partial charge in [-0.05, 0) is 35.7 Å². The lowest BCUT2D eigenvalue weighted by Gasteiger charge is -2.40. The van der Waals surface area contributed by atoms with Gasteiger partial charge in [-0.15, -0.1) is 0 Å². The summed E-state index contributed by atoms with van der Waals surface area (Å²) in [4.78, 5) is 2.30. The van der Waals surface area contributed by atoms with E-state index in [1.807, 2.05) is 48.5 Å². The van der Waals surface area contributed by atoms with Crippen LogP contribution in [-0.2, 0) is 9.47 Å². The van der Waals surface area contributed by atoms with E-state index >= 15 is 0 Å². The van der Waals surface area contributed by atoms with Gasteiger partial charge in [-0.25, -0.2) is 0 Å². The summed E-state index contributed by atoms with van der Waals surface area (Å²) in [5, 5.41) is 10.8. The molecule has 0 aliphatic carbocycles. The Morgan fingerprint density at radius 3 is 2.16 bits per heavy atom. The molecule has 3 aromatic carbocycles. The molecule has 0 spiro atoms. The maximum atomic E-state index is 10.8. The van der Waals surface area contributed by atoms with Crippen molar-refractivity contribution in [3.8, 4) is 0 Å². The van der Waals surface area contributed by atoms with Crippen LogP contribution in [0.25, 0.3) is 0 Å². The first kappa shape index (κ1) is 23.1. The van der Waals surface area contributed by atoms with Crippen molar-refractivity contribution in [1.82, 2.24) is 4.90 Å². The molecular formula is C27H30BrNO3. The van der Waals surface area contributed by atoms with Gasteiger partial charge in [-0.3, -0.25) is 4.90 Å². The zero-order chi connectivity index (χ0) is 22.3. The molecule has 3 atom stereocenters. The lowest BCUT2D eigenvalue weighted by Crippen LogP contribution is -2.49. The van der Waals surface area contributed by atoms with Crippen LogP contribution in [0, 0.1) is 0 Å². The van der Waals surface area contributed by atoms with Gasteiger partial charge in [0.1, 0.15) is 6.10 Å². The molecule has 1 N–H and O–H groups in total. The topological polar surface area (TPSA) is 41.9 Å². The van der Waals surface area contributed by atoms with Crippen molar-refractivity contribution >= 4 is 15.9 Å². The minimum absolute atomic E-state index is 0.00801. The van der Waals surface area contributed by atoms with Crippen LogP contribution in [0.1, 0.15) is 35.8 Å². The van der Waals surface area contributed by atoms with Crippen LogP contribution < -0.4 is 0 Å². The molecule has 0 radical (unpaired) electrons. The van der Waals surface area contributed by atoms with Crippen LogP contribution in [-0.4, -0.2) is 48.5 Å². The summed E-state index contributed by atoms with van der Waals surface area (Å²) in [7, 11) is 0. The Kier molecular flexibility index (Phi) is 8.11. The Bertz CT molecular complexity index is 912. The third kappa shape index (κ3) is 5.85. The quantitative estimate of drug-likeness (QED) is 0.455. The number of morpholine rings is 1. The van der Waals surface area contributed by atoms with Crippen molar-refractivity contribution < 1.29 is 14.6 Å². The molecule has 1 aliphatic heterocycles. The van der Waals surface area contributed by atoms with E-state index < -0.39 is 6.10 Å². The second-order valence-corrected chi connectivity index (χ2v) is 9.18. The fourth-order valence-electron chi connectivity index (χ4n) is 4.29. The fraction of sp³-hybridized carbons (Fsp3) is 0.333. The maximum absolute atomic E-state index is 10.8. The minimum atomic E-state index is -0.587. The Balaban J connectivity index is 1.38. The van der Waals surface area contributed by atoms with Crippen LogP contribution in [0.3, 0.4) is 0 Å². The third-order valence-corrected chi connectivity index (χ3v) is 6.52. The van der Waals surface area contributed by atoms with Crippen LogP contribution in [0.15, 0.2) is 89.4 Å². The number of hydrogen-bond acceptors (Lipinski definition) is 4. The maximum Gasteiger partial charge on any atom is 0.108 e. The zero-order valence-corrected chi connectivity index (χ0v) is 19.9. The van der Waals surface area contributed by atoms with Gasteiger partial charge >= 0.3 is 0 Å². The van der Waals surface area contributed by atoms with Crippen LogP contribution in [0.2, 0.25) is 0 Å². The van der Waals surface area contributed by atoms with Gasteiger partial charge in [0.05, 0.1) is 25.4 Å². The number of hydrogen-bond donors (Lipinski definition) is 1. The molecule has 4 nitrogen and oxygen atoms in total. The number of ether oxygens (including phenoxy) is 2. The number of nitrogens with zero attached hydrogens (tertiary/aromatic N) is 1. The Hall–Kier alpha value is -2.02. The van der Waals surface area contributed by atoms with Crippen molar-refractivity contribution in [1.29, 1.82) is 0 Å². The summed E-state index contributed by atoms with van der Waals surface area (Å²) in [6, 6.07) is 28.8. The molecule has 1 fully saturated rings. The number of β-amino-alcohol motifs (C(OH)–C–C–N with tert-alkyl or cyclic N) is 1. The molecule has 5 heteroatoms. The molecule has 1 saturated heterocycles. The average Bonchev–Trinajstić information content (AvgIpc) is 2.83. The standard InChI is InChI=1S/C27H30BrNO3/c1-20-26(23-12-14-24(28)15-13-23)31-17-16-29(20)18-25(30)19-32-27(21-8-4-2-5-9-21)22-10-6-3-7-11-22/h2-15,20,25-27,30H,16-19H2,1H3.